The Kier molecular flexibility index (Phi) is 7.21. The number of hydrogen-bond donors (Lipinski definition) is 1. The number of hydrogen-bond acceptors (Lipinski definition) is 7. The van der Waals surface area contributed by atoms with E-state index in [1.165, 1.54) is 41.6 Å². The van der Waals surface area contributed by atoms with Crippen LogP contribution in [0, 0.1) is 17.0 Å². The van der Waals surface area contributed by atoms with E-state index in [4.69, 9.17) is 9.47 Å². The molecule has 11 heteroatoms. The van der Waals surface area contributed by atoms with Gasteiger partial charge in [0.25, 0.3) is 11.6 Å². The van der Waals surface area contributed by atoms with Crippen LogP contribution in [0.2, 0.25) is 0 Å². The van der Waals surface area contributed by atoms with E-state index in [2.05, 4.69) is 5.32 Å². The number of rotatable bonds is 8. The number of morpholine rings is 1. The average Bonchev–Trinajstić information content (AvgIpc) is 2.77. The van der Waals surface area contributed by atoms with Gasteiger partial charge in [0.2, 0.25) is 10.0 Å². The lowest BCUT2D eigenvalue weighted by molar-refractivity contribution is -0.385. The zero-order valence-electron chi connectivity index (χ0n) is 16.9. The first-order valence-electron chi connectivity index (χ1n) is 9.63. The maximum atomic E-state index is 12.6. The maximum absolute atomic E-state index is 12.6. The molecule has 166 valence electrons. The van der Waals surface area contributed by atoms with E-state index in [1.807, 2.05) is 0 Å². The molecule has 2 aromatic carbocycles. The predicted molar refractivity (Wildman–Crippen MR) is 112 cm³/mol. The fraction of sp³-hybridized carbons (Fsp3) is 0.350. The second-order valence-electron chi connectivity index (χ2n) is 6.80. The zero-order chi connectivity index (χ0) is 22.4. The van der Waals surface area contributed by atoms with Crippen molar-refractivity contribution >= 4 is 21.6 Å². The molecule has 1 N–H and O–H groups in total. The van der Waals surface area contributed by atoms with Crippen LogP contribution < -0.4 is 10.1 Å². The molecule has 0 atom stereocenters. The van der Waals surface area contributed by atoms with Gasteiger partial charge in [-0.1, -0.05) is 6.07 Å². The number of sulfonamides is 1. The lowest BCUT2D eigenvalue weighted by Crippen LogP contribution is -2.40. The Morgan fingerprint density at radius 2 is 1.87 bits per heavy atom. The Morgan fingerprint density at radius 1 is 1.19 bits per heavy atom. The molecule has 1 amide bonds. The summed E-state index contributed by atoms with van der Waals surface area (Å²) in [4.78, 5) is 22.9. The molecular weight excluding hydrogens is 426 g/mol. The van der Waals surface area contributed by atoms with Gasteiger partial charge in [-0.05, 0) is 37.3 Å². The van der Waals surface area contributed by atoms with Crippen LogP contribution in [0.1, 0.15) is 15.9 Å². The molecule has 1 heterocycles. The lowest BCUT2D eigenvalue weighted by atomic mass is 10.1. The largest absolute Gasteiger partial charge is 0.492 e. The Labute approximate surface area is 180 Å². The smallest absolute Gasteiger partial charge is 0.273 e. The van der Waals surface area contributed by atoms with E-state index in [0.29, 0.717) is 37.6 Å². The molecule has 1 aliphatic heterocycles. The van der Waals surface area contributed by atoms with E-state index >= 15 is 0 Å². The summed E-state index contributed by atoms with van der Waals surface area (Å²) >= 11 is 0. The monoisotopic (exact) mass is 449 g/mol. The number of nitrogens with zero attached hydrogens (tertiary/aromatic N) is 2. The molecule has 2 aromatic rings. The van der Waals surface area contributed by atoms with Crippen molar-refractivity contribution in [3.05, 3.63) is 63.7 Å². The summed E-state index contributed by atoms with van der Waals surface area (Å²) in [6, 6.07) is 10.4. The highest BCUT2D eigenvalue weighted by molar-refractivity contribution is 7.89. The van der Waals surface area contributed by atoms with Gasteiger partial charge in [0.15, 0.2) is 0 Å². The van der Waals surface area contributed by atoms with Crippen LogP contribution in [0.4, 0.5) is 5.69 Å². The van der Waals surface area contributed by atoms with Crippen molar-refractivity contribution in [2.45, 2.75) is 11.8 Å². The summed E-state index contributed by atoms with van der Waals surface area (Å²) < 4.78 is 37.3. The molecule has 0 bridgehead atoms. The summed E-state index contributed by atoms with van der Waals surface area (Å²) in [6.07, 6.45) is 0. The van der Waals surface area contributed by atoms with Gasteiger partial charge in [0.05, 0.1) is 29.6 Å². The Morgan fingerprint density at radius 3 is 2.52 bits per heavy atom. The maximum Gasteiger partial charge on any atom is 0.273 e. The molecule has 0 spiro atoms. The van der Waals surface area contributed by atoms with Crippen molar-refractivity contribution in [3.8, 4) is 5.75 Å². The number of nitro benzene ring substituents is 1. The minimum absolute atomic E-state index is 0.115. The van der Waals surface area contributed by atoms with Crippen molar-refractivity contribution in [3.63, 3.8) is 0 Å². The molecular formula is C20H23N3O7S. The lowest BCUT2D eigenvalue weighted by Gasteiger charge is -2.26. The average molecular weight is 449 g/mol. The summed E-state index contributed by atoms with van der Waals surface area (Å²) in [5.74, 6) is 0.0264. The highest BCUT2D eigenvalue weighted by Gasteiger charge is 2.26. The van der Waals surface area contributed by atoms with Gasteiger partial charge in [0, 0.05) is 30.3 Å². The first-order chi connectivity index (χ1) is 14.8. The predicted octanol–water partition coefficient (Wildman–Crippen LogP) is 1.73. The number of amides is 1. The van der Waals surface area contributed by atoms with Crippen molar-refractivity contribution in [1.82, 2.24) is 9.62 Å². The molecule has 0 saturated carbocycles. The Hall–Kier alpha value is -3.02. The Balaban J connectivity index is 1.52. The van der Waals surface area contributed by atoms with E-state index in [1.54, 1.807) is 12.1 Å². The van der Waals surface area contributed by atoms with Crippen molar-refractivity contribution in [2.24, 2.45) is 0 Å². The first-order valence-corrected chi connectivity index (χ1v) is 11.1. The van der Waals surface area contributed by atoms with Gasteiger partial charge in [-0.25, -0.2) is 8.42 Å². The molecule has 1 aliphatic rings. The second kappa shape index (κ2) is 9.86. The zero-order valence-corrected chi connectivity index (χ0v) is 17.8. The third-order valence-electron chi connectivity index (χ3n) is 4.83. The van der Waals surface area contributed by atoms with Gasteiger partial charge in [-0.3, -0.25) is 14.9 Å². The fourth-order valence-corrected chi connectivity index (χ4v) is 4.55. The fourth-order valence-electron chi connectivity index (χ4n) is 3.14. The standard InChI is InChI=1S/C20H23N3O7S/c1-15-18(3-2-4-19(15)23(25)26)20(24)21-9-12-30-16-5-7-17(8-6-16)31(27,28)22-10-13-29-14-11-22/h2-8H,9-14H2,1H3,(H,21,24). The van der Waals surface area contributed by atoms with E-state index in [0.717, 1.165) is 0 Å². The van der Waals surface area contributed by atoms with Crippen LogP contribution >= 0.6 is 0 Å². The van der Waals surface area contributed by atoms with Gasteiger partial charge >= 0.3 is 0 Å². The second-order valence-corrected chi connectivity index (χ2v) is 8.74. The number of carbonyl (C=O) groups excluding carboxylic acids is 1. The molecule has 10 nitrogen and oxygen atoms in total. The molecule has 3 rings (SSSR count). The minimum Gasteiger partial charge on any atom is -0.492 e. The molecule has 31 heavy (non-hydrogen) atoms. The van der Waals surface area contributed by atoms with E-state index in [-0.39, 0.29) is 29.3 Å². The van der Waals surface area contributed by atoms with Crippen molar-refractivity contribution in [1.29, 1.82) is 0 Å². The molecule has 0 aromatic heterocycles. The quantitative estimate of drug-likeness (QED) is 0.369. The van der Waals surface area contributed by atoms with Crippen molar-refractivity contribution < 1.29 is 27.6 Å². The number of nitro groups is 1. The van der Waals surface area contributed by atoms with Crippen LogP contribution in [0.15, 0.2) is 47.4 Å². The summed E-state index contributed by atoms with van der Waals surface area (Å²) in [5, 5.41) is 13.7. The highest BCUT2D eigenvalue weighted by Crippen LogP contribution is 2.22. The van der Waals surface area contributed by atoms with Gasteiger partial charge in [-0.2, -0.15) is 4.31 Å². The molecule has 0 aliphatic carbocycles. The summed E-state index contributed by atoms with van der Waals surface area (Å²) in [5.41, 5.74) is 0.408. The van der Waals surface area contributed by atoms with Gasteiger partial charge in [0.1, 0.15) is 12.4 Å². The normalized spacial score (nSPS) is 14.7. The van der Waals surface area contributed by atoms with Crippen LogP contribution in [0.3, 0.4) is 0 Å². The van der Waals surface area contributed by atoms with Crippen molar-refractivity contribution in [2.75, 3.05) is 39.5 Å². The number of ether oxygens (including phenoxy) is 2. The van der Waals surface area contributed by atoms with Crippen LogP contribution in [-0.2, 0) is 14.8 Å². The SMILES string of the molecule is Cc1c(C(=O)NCCOc2ccc(S(=O)(=O)N3CCOCC3)cc2)cccc1[N+](=O)[O-]. The van der Waals surface area contributed by atoms with Crippen LogP contribution in [0.5, 0.6) is 5.75 Å². The summed E-state index contributed by atoms with van der Waals surface area (Å²) in [7, 11) is -3.57. The first kappa shape index (κ1) is 22.7. The van der Waals surface area contributed by atoms with E-state index in [9.17, 15) is 23.3 Å². The van der Waals surface area contributed by atoms with Crippen LogP contribution in [0.25, 0.3) is 0 Å². The van der Waals surface area contributed by atoms with Crippen LogP contribution in [-0.4, -0.2) is 63.0 Å². The summed E-state index contributed by atoms with van der Waals surface area (Å²) in [6.45, 7) is 3.25. The van der Waals surface area contributed by atoms with Gasteiger partial charge < -0.3 is 14.8 Å². The topological polar surface area (TPSA) is 128 Å². The molecule has 0 radical (unpaired) electrons. The third kappa shape index (κ3) is 5.37. The van der Waals surface area contributed by atoms with Gasteiger partial charge in [-0.15, -0.1) is 0 Å². The minimum atomic E-state index is -3.57. The Bertz CT molecular complexity index is 1050. The molecule has 1 saturated heterocycles. The third-order valence-corrected chi connectivity index (χ3v) is 6.75. The molecule has 0 unspecified atom stereocenters. The number of benzene rings is 2. The van der Waals surface area contributed by atoms with E-state index < -0.39 is 20.9 Å². The number of carbonyl (C=O) groups is 1. The molecule has 1 fully saturated rings. The number of nitrogens with one attached hydrogen (secondary N) is 1. The highest BCUT2D eigenvalue weighted by atomic mass is 32.2.